The molecule has 9 heteroatoms. The second-order valence-corrected chi connectivity index (χ2v) is 7.40. The van der Waals surface area contributed by atoms with Crippen LogP contribution in [-0.2, 0) is 9.53 Å². The van der Waals surface area contributed by atoms with Crippen molar-refractivity contribution in [3.05, 3.63) is 69.4 Å². The fourth-order valence-corrected chi connectivity index (χ4v) is 3.62. The van der Waals surface area contributed by atoms with Crippen LogP contribution in [0.1, 0.15) is 26.3 Å². The van der Waals surface area contributed by atoms with Gasteiger partial charge >= 0.3 is 11.9 Å². The van der Waals surface area contributed by atoms with Crippen LogP contribution in [-0.4, -0.2) is 40.8 Å². The zero-order valence-corrected chi connectivity index (χ0v) is 17.0. The number of pyridine rings is 1. The molecule has 0 saturated carbocycles. The number of nitrogens with one attached hydrogen (secondary N) is 2. The van der Waals surface area contributed by atoms with Crippen molar-refractivity contribution in [3.63, 3.8) is 0 Å². The average molecular weight is 426 g/mol. The fourth-order valence-electron chi connectivity index (χ4n) is 2.77. The molecule has 0 spiro atoms. The number of esters is 1. The third-order valence-corrected chi connectivity index (χ3v) is 5.29. The first-order valence-corrected chi connectivity index (χ1v) is 9.79. The first-order valence-electron chi connectivity index (χ1n) is 8.81. The van der Waals surface area contributed by atoms with Crippen LogP contribution in [0.5, 0.6) is 0 Å². The predicted octanol–water partition coefficient (Wildman–Crippen LogP) is 3.05. The Labute approximate surface area is 175 Å². The second kappa shape index (κ2) is 8.83. The van der Waals surface area contributed by atoms with Gasteiger partial charge in [0.15, 0.2) is 0 Å². The highest BCUT2D eigenvalue weighted by molar-refractivity contribution is 8.00. The van der Waals surface area contributed by atoms with E-state index in [1.807, 2.05) is 19.1 Å². The lowest BCUT2D eigenvalue weighted by molar-refractivity contribution is -0.113. The molecule has 1 aromatic heterocycles. The molecule has 0 fully saturated rings. The number of benzene rings is 2. The van der Waals surface area contributed by atoms with E-state index in [0.29, 0.717) is 5.69 Å². The molecular weight excluding hydrogens is 408 g/mol. The number of methoxy groups -OCH3 is 1. The smallest absolute Gasteiger partial charge is 0.344 e. The molecule has 154 valence electrons. The minimum absolute atomic E-state index is 0.0166. The standard InChI is InChI=1S/C21H18N2O6S/c1-11-3-6-13(7-4-11)22-16(24)10-30-19-17(21(28)29-2)18(25)14-8-5-12(20(26)27)9-15(14)23-19/h3-9H,10H2,1-2H3,(H,22,24)(H,23,25)(H,26,27). The number of carbonyl (C=O) groups excluding carboxylic acids is 2. The van der Waals surface area contributed by atoms with Gasteiger partial charge in [0.1, 0.15) is 5.56 Å². The predicted molar refractivity (Wildman–Crippen MR) is 113 cm³/mol. The zero-order chi connectivity index (χ0) is 21.8. The van der Waals surface area contributed by atoms with E-state index in [0.717, 1.165) is 24.4 Å². The molecule has 1 amide bonds. The third kappa shape index (κ3) is 4.52. The van der Waals surface area contributed by atoms with Crippen molar-refractivity contribution in [2.45, 2.75) is 11.9 Å². The number of carbonyl (C=O) groups is 3. The van der Waals surface area contributed by atoms with Gasteiger partial charge in [0.05, 0.1) is 29.0 Å². The largest absolute Gasteiger partial charge is 0.478 e. The molecule has 0 atom stereocenters. The summed E-state index contributed by atoms with van der Waals surface area (Å²) in [6.07, 6.45) is 0. The lowest BCUT2D eigenvalue weighted by atomic mass is 10.1. The number of aromatic nitrogens is 1. The second-order valence-electron chi connectivity index (χ2n) is 6.42. The third-order valence-electron chi connectivity index (χ3n) is 4.29. The Morgan fingerprint density at radius 1 is 1.13 bits per heavy atom. The summed E-state index contributed by atoms with van der Waals surface area (Å²) < 4.78 is 4.72. The van der Waals surface area contributed by atoms with Gasteiger partial charge < -0.3 is 20.1 Å². The summed E-state index contributed by atoms with van der Waals surface area (Å²) in [5.74, 6) is -2.42. The van der Waals surface area contributed by atoms with E-state index >= 15 is 0 Å². The highest BCUT2D eigenvalue weighted by Gasteiger charge is 2.21. The van der Waals surface area contributed by atoms with Crippen molar-refractivity contribution in [1.82, 2.24) is 4.98 Å². The van der Waals surface area contributed by atoms with Gasteiger partial charge in [0.25, 0.3) is 0 Å². The molecule has 3 aromatic rings. The molecule has 0 aliphatic rings. The summed E-state index contributed by atoms with van der Waals surface area (Å²) >= 11 is 0.949. The molecule has 0 unspecified atom stereocenters. The van der Waals surface area contributed by atoms with E-state index in [-0.39, 0.29) is 38.7 Å². The van der Waals surface area contributed by atoms with Gasteiger partial charge in [-0.2, -0.15) is 0 Å². The van der Waals surface area contributed by atoms with Crippen LogP contribution in [0, 0.1) is 6.92 Å². The number of fused-ring (bicyclic) bond motifs is 1. The Bertz CT molecular complexity index is 1200. The summed E-state index contributed by atoms with van der Waals surface area (Å²) in [5, 5.41) is 12.2. The van der Waals surface area contributed by atoms with Crippen LogP contribution in [0.15, 0.2) is 52.3 Å². The number of H-pyrrole nitrogens is 1. The number of aromatic carboxylic acids is 1. The zero-order valence-electron chi connectivity index (χ0n) is 16.1. The summed E-state index contributed by atoms with van der Waals surface area (Å²) in [6, 6.07) is 11.2. The monoisotopic (exact) mass is 426 g/mol. The maximum absolute atomic E-state index is 12.8. The van der Waals surface area contributed by atoms with E-state index in [4.69, 9.17) is 4.74 Å². The van der Waals surface area contributed by atoms with E-state index in [1.54, 1.807) is 12.1 Å². The molecule has 2 aromatic carbocycles. The van der Waals surface area contributed by atoms with Crippen molar-refractivity contribution in [1.29, 1.82) is 0 Å². The first-order chi connectivity index (χ1) is 14.3. The van der Waals surface area contributed by atoms with Crippen LogP contribution >= 0.6 is 11.8 Å². The van der Waals surface area contributed by atoms with Gasteiger partial charge in [0, 0.05) is 11.1 Å². The number of rotatable bonds is 6. The Kier molecular flexibility index (Phi) is 6.22. The van der Waals surface area contributed by atoms with Crippen molar-refractivity contribution >= 4 is 46.2 Å². The molecule has 0 aliphatic heterocycles. The van der Waals surface area contributed by atoms with Gasteiger partial charge in [-0.25, -0.2) is 9.59 Å². The number of aromatic amines is 1. The number of aryl methyl sites for hydroxylation is 1. The van der Waals surface area contributed by atoms with Crippen LogP contribution in [0.2, 0.25) is 0 Å². The Hall–Kier alpha value is -3.59. The van der Waals surface area contributed by atoms with Gasteiger partial charge in [-0.15, -0.1) is 0 Å². The minimum atomic E-state index is -1.15. The number of carboxylic acid groups (broad SMARTS) is 1. The lowest BCUT2D eigenvalue weighted by Crippen LogP contribution is -2.21. The molecule has 0 aliphatic carbocycles. The summed E-state index contributed by atoms with van der Waals surface area (Å²) in [4.78, 5) is 51.4. The SMILES string of the molecule is COC(=O)c1c(SCC(=O)Nc2ccc(C)cc2)[nH]c2cc(C(=O)O)ccc2c1=O. The molecule has 8 nitrogen and oxygen atoms in total. The fraction of sp³-hybridized carbons (Fsp3) is 0.143. The summed E-state index contributed by atoms with van der Waals surface area (Å²) in [5.41, 5.74) is 1.07. The molecule has 30 heavy (non-hydrogen) atoms. The number of hydrogen-bond acceptors (Lipinski definition) is 6. The molecule has 0 bridgehead atoms. The van der Waals surface area contributed by atoms with E-state index in [1.165, 1.54) is 18.2 Å². The molecule has 0 saturated heterocycles. The normalized spacial score (nSPS) is 10.6. The number of hydrogen-bond donors (Lipinski definition) is 3. The van der Waals surface area contributed by atoms with Gasteiger partial charge in [-0.3, -0.25) is 9.59 Å². The van der Waals surface area contributed by atoms with E-state index in [9.17, 15) is 24.3 Å². The van der Waals surface area contributed by atoms with Gasteiger partial charge in [-0.1, -0.05) is 29.5 Å². The van der Waals surface area contributed by atoms with Crippen molar-refractivity contribution in [3.8, 4) is 0 Å². The molecule has 3 N–H and O–H groups in total. The Morgan fingerprint density at radius 3 is 2.47 bits per heavy atom. The summed E-state index contributed by atoms with van der Waals surface area (Å²) in [6.45, 7) is 1.93. The van der Waals surface area contributed by atoms with Crippen LogP contribution in [0.3, 0.4) is 0 Å². The minimum Gasteiger partial charge on any atom is -0.478 e. The van der Waals surface area contributed by atoms with Crippen molar-refractivity contribution < 1.29 is 24.2 Å². The van der Waals surface area contributed by atoms with Crippen molar-refractivity contribution in [2.24, 2.45) is 0 Å². The number of carboxylic acids is 1. The highest BCUT2D eigenvalue weighted by Crippen LogP contribution is 2.23. The quantitative estimate of drug-likeness (QED) is 0.408. The van der Waals surface area contributed by atoms with Crippen molar-refractivity contribution in [2.75, 3.05) is 18.2 Å². The Morgan fingerprint density at radius 2 is 1.83 bits per heavy atom. The first kappa shape index (κ1) is 21.1. The topological polar surface area (TPSA) is 126 Å². The lowest BCUT2D eigenvalue weighted by Gasteiger charge is -2.10. The van der Waals surface area contributed by atoms with Gasteiger partial charge in [0.2, 0.25) is 11.3 Å². The highest BCUT2D eigenvalue weighted by atomic mass is 32.2. The van der Waals surface area contributed by atoms with Crippen LogP contribution in [0.25, 0.3) is 10.9 Å². The van der Waals surface area contributed by atoms with Crippen LogP contribution in [0.4, 0.5) is 5.69 Å². The number of thioether (sulfide) groups is 1. The Balaban J connectivity index is 1.92. The van der Waals surface area contributed by atoms with E-state index in [2.05, 4.69) is 10.3 Å². The molecule has 1 heterocycles. The molecular formula is C21H18N2O6S. The van der Waals surface area contributed by atoms with Crippen LogP contribution < -0.4 is 10.7 Å². The maximum atomic E-state index is 12.8. The number of amides is 1. The summed E-state index contributed by atoms with van der Waals surface area (Å²) in [7, 11) is 1.15. The number of ether oxygens (including phenoxy) is 1. The molecule has 3 rings (SSSR count). The van der Waals surface area contributed by atoms with E-state index < -0.39 is 17.4 Å². The van der Waals surface area contributed by atoms with Gasteiger partial charge in [-0.05, 0) is 37.3 Å². The number of anilines is 1. The maximum Gasteiger partial charge on any atom is 0.344 e. The molecule has 0 radical (unpaired) electrons. The average Bonchev–Trinajstić information content (AvgIpc) is 2.73.